The number of nitrogens with zero attached hydrogens (tertiary/aromatic N) is 1. The zero-order valence-corrected chi connectivity index (χ0v) is 10.8. The molecule has 0 aliphatic heterocycles. The lowest BCUT2D eigenvalue weighted by atomic mass is 10.3. The molecule has 0 saturated carbocycles. The standard InChI is InChI=1S/C6H15N.C3H7N2O2P/c1-5(2)7-6(3)4;4-2-1-3-7-8(5)6/h5-7H,1-4H3;6H,1,3,5H2. The van der Waals surface area contributed by atoms with E-state index in [0.717, 1.165) is 0 Å². The maximum absolute atomic E-state index is 8.29. The van der Waals surface area contributed by atoms with Crippen molar-refractivity contribution in [1.82, 2.24) is 5.32 Å². The average Bonchev–Trinajstić information content (AvgIpc) is 2.02. The Morgan fingerprint density at radius 3 is 2.07 bits per heavy atom. The van der Waals surface area contributed by atoms with Crippen molar-refractivity contribution in [2.45, 2.75) is 46.2 Å². The van der Waals surface area contributed by atoms with Gasteiger partial charge in [-0.05, 0) is 0 Å². The molecule has 1 atom stereocenters. The lowest BCUT2D eigenvalue weighted by Gasteiger charge is -2.10. The molecule has 0 saturated heterocycles. The van der Waals surface area contributed by atoms with Crippen LogP contribution in [0.3, 0.4) is 0 Å². The molecule has 0 aliphatic rings. The number of hydrogen-bond acceptors (Lipinski definition) is 5. The van der Waals surface area contributed by atoms with E-state index in [-0.39, 0.29) is 13.0 Å². The molecule has 0 aromatic rings. The summed E-state index contributed by atoms with van der Waals surface area (Å²) >= 11 is 0. The molecule has 0 amide bonds. The maximum Gasteiger partial charge on any atom is 0.250 e. The molecule has 5 nitrogen and oxygen atoms in total. The van der Waals surface area contributed by atoms with Crippen molar-refractivity contribution in [1.29, 1.82) is 5.26 Å². The monoisotopic (exact) mass is 235 g/mol. The first kappa shape index (κ1) is 17.2. The van der Waals surface area contributed by atoms with Crippen LogP contribution < -0.4 is 10.8 Å². The van der Waals surface area contributed by atoms with Crippen LogP contribution in [0, 0.1) is 11.3 Å². The van der Waals surface area contributed by atoms with Crippen LogP contribution in [0.5, 0.6) is 0 Å². The molecule has 0 rings (SSSR count). The summed E-state index contributed by atoms with van der Waals surface area (Å²) in [4.78, 5) is 8.29. The third-order valence-corrected chi connectivity index (χ3v) is 1.55. The highest BCUT2D eigenvalue weighted by atomic mass is 31.2. The van der Waals surface area contributed by atoms with Gasteiger partial charge in [-0.1, -0.05) is 27.7 Å². The first-order valence-corrected chi connectivity index (χ1v) is 6.17. The van der Waals surface area contributed by atoms with Gasteiger partial charge in [0.15, 0.2) is 0 Å². The molecule has 1 unspecified atom stereocenters. The Morgan fingerprint density at radius 1 is 1.40 bits per heavy atom. The lowest BCUT2D eigenvalue weighted by Crippen LogP contribution is -2.29. The molecule has 0 aromatic heterocycles. The SMILES string of the molecule is CC(C)NC(C)C.N#CCCOP(N)O. The average molecular weight is 235 g/mol. The van der Waals surface area contributed by atoms with Gasteiger partial charge in [0.05, 0.1) is 19.1 Å². The topological polar surface area (TPSA) is 91.3 Å². The van der Waals surface area contributed by atoms with Gasteiger partial charge in [-0.2, -0.15) is 5.26 Å². The van der Waals surface area contributed by atoms with E-state index in [1.165, 1.54) is 0 Å². The van der Waals surface area contributed by atoms with Crippen molar-refractivity contribution in [2.24, 2.45) is 5.50 Å². The highest BCUT2D eigenvalue weighted by Gasteiger charge is 1.93. The minimum Gasteiger partial charge on any atom is -0.338 e. The van der Waals surface area contributed by atoms with Gasteiger partial charge < -0.3 is 14.7 Å². The van der Waals surface area contributed by atoms with Gasteiger partial charge >= 0.3 is 0 Å². The lowest BCUT2D eigenvalue weighted by molar-refractivity contribution is 0.318. The summed E-state index contributed by atoms with van der Waals surface area (Å²) < 4.78 is 4.46. The Kier molecular flexibility index (Phi) is 13.5. The molecule has 90 valence electrons. The summed E-state index contributed by atoms with van der Waals surface area (Å²) in [7, 11) is -1.76. The second-order valence-electron chi connectivity index (χ2n) is 3.52. The van der Waals surface area contributed by atoms with Crippen LogP contribution in [0.25, 0.3) is 0 Å². The molecular weight excluding hydrogens is 213 g/mol. The molecule has 0 aromatic carbocycles. The van der Waals surface area contributed by atoms with Gasteiger partial charge in [-0.25, -0.2) is 0 Å². The fourth-order valence-electron chi connectivity index (χ4n) is 0.851. The number of nitrogens with one attached hydrogen (secondary N) is 1. The van der Waals surface area contributed by atoms with E-state index in [1.807, 2.05) is 6.07 Å². The fraction of sp³-hybridized carbons (Fsp3) is 0.889. The highest BCUT2D eigenvalue weighted by molar-refractivity contribution is 7.43. The Morgan fingerprint density at radius 2 is 1.87 bits per heavy atom. The summed E-state index contributed by atoms with van der Waals surface area (Å²) in [6.07, 6.45) is 0.274. The summed E-state index contributed by atoms with van der Waals surface area (Å²) in [6.45, 7) is 8.83. The van der Waals surface area contributed by atoms with Crippen LogP contribution in [0.4, 0.5) is 0 Å². The van der Waals surface area contributed by atoms with Crippen LogP contribution in [0.2, 0.25) is 0 Å². The minimum absolute atomic E-state index is 0.217. The number of rotatable bonds is 5. The van der Waals surface area contributed by atoms with Crippen molar-refractivity contribution >= 4 is 8.53 Å². The van der Waals surface area contributed by atoms with Gasteiger partial charge in [0.2, 0.25) is 8.53 Å². The van der Waals surface area contributed by atoms with Crippen LogP contribution in [-0.4, -0.2) is 23.6 Å². The first-order chi connectivity index (χ1) is 6.90. The Bertz CT molecular complexity index is 163. The van der Waals surface area contributed by atoms with Crippen LogP contribution in [0.1, 0.15) is 34.1 Å². The van der Waals surface area contributed by atoms with E-state index in [2.05, 4.69) is 37.5 Å². The van der Waals surface area contributed by atoms with Gasteiger partial charge in [0.25, 0.3) is 0 Å². The first-order valence-electron chi connectivity index (χ1n) is 4.89. The van der Waals surface area contributed by atoms with Crippen LogP contribution in [0.15, 0.2) is 0 Å². The zero-order valence-electron chi connectivity index (χ0n) is 9.90. The molecule has 6 heteroatoms. The van der Waals surface area contributed by atoms with Crippen molar-refractivity contribution < 1.29 is 9.42 Å². The Labute approximate surface area is 93.6 Å². The summed E-state index contributed by atoms with van der Waals surface area (Å²) in [5, 5.41) is 11.2. The molecule has 0 spiro atoms. The predicted molar refractivity (Wildman–Crippen MR) is 62.9 cm³/mol. The van der Waals surface area contributed by atoms with E-state index < -0.39 is 8.53 Å². The third-order valence-electron chi connectivity index (χ3n) is 1.10. The normalized spacial score (nSPS) is 11.9. The summed E-state index contributed by atoms with van der Waals surface area (Å²) in [5.41, 5.74) is 4.82. The van der Waals surface area contributed by atoms with E-state index in [4.69, 9.17) is 15.7 Å². The molecule has 0 bridgehead atoms. The minimum atomic E-state index is -1.76. The maximum atomic E-state index is 8.29. The second-order valence-corrected chi connectivity index (χ2v) is 4.38. The predicted octanol–water partition coefficient (Wildman–Crippen LogP) is 1.49. The molecule has 15 heavy (non-hydrogen) atoms. The van der Waals surface area contributed by atoms with Crippen LogP contribution >= 0.6 is 8.53 Å². The Balaban J connectivity index is 0. The van der Waals surface area contributed by atoms with Gasteiger partial charge in [0, 0.05) is 12.1 Å². The molecule has 4 N–H and O–H groups in total. The molecule has 0 radical (unpaired) electrons. The summed E-state index contributed by atoms with van der Waals surface area (Å²) in [5.74, 6) is 0. The van der Waals surface area contributed by atoms with E-state index in [9.17, 15) is 0 Å². The molecule has 0 aliphatic carbocycles. The second kappa shape index (κ2) is 11.8. The fourth-order valence-corrected chi connectivity index (χ4v) is 1.13. The van der Waals surface area contributed by atoms with E-state index in [0.29, 0.717) is 12.1 Å². The van der Waals surface area contributed by atoms with Crippen molar-refractivity contribution in [3.8, 4) is 6.07 Å². The number of hydrogen-bond donors (Lipinski definition) is 3. The molecule has 0 heterocycles. The van der Waals surface area contributed by atoms with Crippen LogP contribution in [-0.2, 0) is 4.52 Å². The molecule has 0 fully saturated rings. The molecular formula is C9H22N3O2P. The number of nitriles is 1. The quantitative estimate of drug-likeness (QED) is 0.496. The highest BCUT2D eigenvalue weighted by Crippen LogP contribution is 2.18. The number of nitrogens with two attached hydrogens (primary N) is 1. The van der Waals surface area contributed by atoms with Crippen molar-refractivity contribution in [3.05, 3.63) is 0 Å². The van der Waals surface area contributed by atoms with Crippen molar-refractivity contribution in [2.75, 3.05) is 6.61 Å². The summed E-state index contributed by atoms with van der Waals surface area (Å²) in [6, 6.07) is 3.09. The van der Waals surface area contributed by atoms with E-state index in [1.54, 1.807) is 0 Å². The van der Waals surface area contributed by atoms with Gasteiger partial charge in [-0.3, -0.25) is 5.50 Å². The Hall–Kier alpha value is -0.240. The third kappa shape index (κ3) is 24.8. The van der Waals surface area contributed by atoms with E-state index >= 15 is 0 Å². The van der Waals surface area contributed by atoms with Gasteiger partial charge in [-0.15, -0.1) is 0 Å². The van der Waals surface area contributed by atoms with Gasteiger partial charge in [0.1, 0.15) is 0 Å². The largest absolute Gasteiger partial charge is 0.338 e. The smallest absolute Gasteiger partial charge is 0.250 e. The zero-order chi connectivity index (χ0) is 12.3. The van der Waals surface area contributed by atoms with Crippen molar-refractivity contribution in [3.63, 3.8) is 0 Å².